The van der Waals surface area contributed by atoms with E-state index in [0.717, 1.165) is 25.7 Å². The van der Waals surface area contributed by atoms with E-state index in [4.69, 9.17) is 5.73 Å². The van der Waals surface area contributed by atoms with Gasteiger partial charge < -0.3 is 11.1 Å². The number of carbonyl (C=O) groups is 2. The van der Waals surface area contributed by atoms with Crippen molar-refractivity contribution in [1.82, 2.24) is 5.32 Å². The maximum absolute atomic E-state index is 12.7. The number of hydrogen-bond acceptors (Lipinski definition) is 2. The summed E-state index contributed by atoms with van der Waals surface area (Å²) in [5.41, 5.74) is 4.94. The van der Waals surface area contributed by atoms with E-state index in [0.29, 0.717) is 19.3 Å². The Bertz CT molecular complexity index is 731. The normalized spacial score (nSPS) is 13.1. The summed E-state index contributed by atoms with van der Waals surface area (Å²) < 4.78 is 0. The van der Waals surface area contributed by atoms with Gasteiger partial charge in [0.25, 0.3) is 0 Å². The van der Waals surface area contributed by atoms with Crippen LogP contribution in [0.15, 0.2) is 24.3 Å². The molecule has 0 aliphatic carbocycles. The van der Waals surface area contributed by atoms with Crippen LogP contribution < -0.4 is 11.1 Å². The first-order valence-electron chi connectivity index (χ1n) is 20.4. The highest BCUT2D eigenvalue weighted by Crippen LogP contribution is 2.21. The van der Waals surface area contributed by atoms with Crippen LogP contribution in [0.3, 0.4) is 0 Å². The number of unbranched alkanes of at least 4 members (excludes halogenated alkanes) is 25. The number of allylic oxidation sites excluding steroid dienone is 4. The summed E-state index contributed by atoms with van der Waals surface area (Å²) in [5.74, 6) is -0.399. The van der Waals surface area contributed by atoms with Gasteiger partial charge in [-0.05, 0) is 70.6 Å². The Hall–Kier alpha value is -1.58. The minimum atomic E-state index is -0.887. The Balaban J connectivity index is 3.82. The first-order chi connectivity index (χ1) is 22.5. The molecule has 1 atom stereocenters. The first-order valence-corrected chi connectivity index (χ1v) is 20.4. The molecule has 3 N–H and O–H groups in total. The molecular formula is C42H80N2O2. The molecule has 0 spiro atoms. The molecule has 0 aromatic heterocycles. The van der Waals surface area contributed by atoms with E-state index in [1.807, 2.05) is 6.92 Å². The van der Waals surface area contributed by atoms with E-state index >= 15 is 0 Å². The third-order valence-corrected chi connectivity index (χ3v) is 9.73. The van der Waals surface area contributed by atoms with Crippen molar-refractivity contribution in [2.45, 2.75) is 232 Å². The molecule has 4 nitrogen and oxygen atoms in total. The molecule has 1 unspecified atom stereocenters. The van der Waals surface area contributed by atoms with E-state index in [-0.39, 0.29) is 11.8 Å². The predicted molar refractivity (Wildman–Crippen MR) is 203 cm³/mol. The van der Waals surface area contributed by atoms with Crippen molar-refractivity contribution in [3.8, 4) is 0 Å². The molecule has 0 aliphatic rings. The van der Waals surface area contributed by atoms with Gasteiger partial charge in [-0.2, -0.15) is 0 Å². The minimum absolute atomic E-state index is 0.0180. The highest BCUT2D eigenvalue weighted by Gasteiger charge is 2.35. The lowest BCUT2D eigenvalue weighted by Crippen LogP contribution is -2.57. The van der Waals surface area contributed by atoms with Gasteiger partial charge in [0.05, 0.1) is 0 Å². The maximum Gasteiger partial charge on any atom is 0.243 e. The van der Waals surface area contributed by atoms with Gasteiger partial charge >= 0.3 is 0 Å². The lowest BCUT2D eigenvalue weighted by atomic mass is 9.88. The van der Waals surface area contributed by atoms with Crippen molar-refractivity contribution in [3.63, 3.8) is 0 Å². The molecule has 0 saturated heterocycles. The van der Waals surface area contributed by atoms with E-state index in [1.54, 1.807) is 0 Å². The average molecular weight is 645 g/mol. The fourth-order valence-electron chi connectivity index (χ4n) is 6.40. The molecule has 0 bridgehead atoms. The molecule has 0 aromatic carbocycles. The number of hydrogen-bond donors (Lipinski definition) is 2. The molecule has 0 saturated carbocycles. The Morgan fingerprint density at radius 2 is 0.804 bits per heavy atom. The quantitative estimate of drug-likeness (QED) is 0.0526. The zero-order chi connectivity index (χ0) is 33.8. The van der Waals surface area contributed by atoms with Crippen molar-refractivity contribution < 1.29 is 9.59 Å². The second-order valence-corrected chi connectivity index (χ2v) is 14.1. The van der Waals surface area contributed by atoms with Crippen LogP contribution >= 0.6 is 0 Å². The van der Waals surface area contributed by atoms with Crippen molar-refractivity contribution >= 4 is 11.8 Å². The second-order valence-electron chi connectivity index (χ2n) is 14.1. The summed E-state index contributed by atoms with van der Waals surface area (Å²) in [4.78, 5) is 25.1. The Kier molecular flexibility index (Phi) is 33.6. The van der Waals surface area contributed by atoms with Crippen LogP contribution in [0.1, 0.15) is 226 Å². The summed E-state index contributed by atoms with van der Waals surface area (Å²) in [7, 11) is 0. The number of amides is 2. The van der Waals surface area contributed by atoms with Crippen LogP contribution in [0, 0.1) is 0 Å². The van der Waals surface area contributed by atoms with Crippen LogP contribution in [0.4, 0.5) is 0 Å². The zero-order valence-corrected chi connectivity index (χ0v) is 31.3. The summed E-state index contributed by atoms with van der Waals surface area (Å²) in [6, 6.07) is 0. The van der Waals surface area contributed by atoms with Gasteiger partial charge in [-0.15, -0.1) is 0 Å². The van der Waals surface area contributed by atoms with Crippen molar-refractivity contribution in [2.75, 3.05) is 0 Å². The van der Waals surface area contributed by atoms with Crippen LogP contribution in [-0.4, -0.2) is 17.4 Å². The predicted octanol–water partition coefficient (Wildman–Crippen LogP) is 13.0. The maximum atomic E-state index is 12.7. The molecule has 4 heteroatoms. The lowest BCUT2D eigenvalue weighted by Gasteiger charge is -2.31. The second kappa shape index (κ2) is 34.7. The molecule has 0 heterocycles. The average Bonchev–Trinajstić information content (AvgIpc) is 3.05. The highest BCUT2D eigenvalue weighted by atomic mass is 16.2. The first kappa shape index (κ1) is 44.4. The molecule has 0 aliphatic heterocycles. The topological polar surface area (TPSA) is 72.2 Å². The van der Waals surface area contributed by atoms with Crippen LogP contribution in [0.2, 0.25) is 0 Å². The standard InChI is InChI=1S/C42H80N2O2/c1-4-7-9-11-13-15-17-19-21-22-23-25-27-29-31-33-35-37-39-42(6-3,41(43)46)44-40(45)38-36-34-32-30-28-26-24-20-18-16-14-12-10-8-5-2/h19-21,24H,4-18,22-23,25-39H2,1-3H3,(H2,43,46)(H,44,45)/b21-19-,24-20-. The fourth-order valence-corrected chi connectivity index (χ4v) is 6.40. The molecular weight excluding hydrogens is 564 g/mol. The monoisotopic (exact) mass is 645 g/mol. The van der Waals surface area contributed by atoms with Gasteiger partial charge in [0, 0.05) is 6.42 Å². The van der Waals surface area contributed by atoms with Gasteiger partial charge in [0.15, 0.2) is 0 Å². The molecule has 0 aromatic rings. The summed E-state index contributed by atoms with van der Waals surface area (Å²) in [5, 5.41) is 3.06. The SMILES string of the molecule is CCCCCCCC/C=C\CCCCCCCCCCC(CC)(NC(=O)CCCCCCC/C=C\CCCCCCCC)C(N)=O. The van der Waals surface area contributed by atoms with E-state index in [2.05, 4.69) is 43.5 Å². The molecule has 270 valence electrons. The highest BCUT2D eigenvalue weighted by molar-refractivity contribution is 5.90. The van der Waals surface area contributed by atoms with Gasteiger partial charge in [0.1, 0.15) is 5.54 Å². The van der Waals surface area contributed by atoms with Crippen LogP contribution in [0.25, 0.3) is 0 Å². The van der Waals surface area contributed by atoms with Crippen molar-refractivity contribution in [1.29, 1.82) is 0 Å². The molecule has 0 rings (SSSR count). The third-order valence-electron chi connectivity index (χ3n) is 9.73. The summed E-state index contributed by atoms with van der Waals surface area (Å²) in [6.07, 6.45) is 47.8. The summed E-state index contributed by atoms with van der Waals surface area (Å²) >= 11 is 0. The van der Waals surface area contributed by atoms with Crippen LogP contribution in [0.5, 0.6) is 0 Å². The van der Waals surface area contributed by atoms with Gasteiger partial charge in [-0.3, -0.25) is 9.59 Å². The zero-order valence-electron chi connectivity index (χ0n) is 31.3. The van der Waals surface area contributed by atoms with E-state index in [9.17, 15) is 9.59 Å². The van der Waals surface area contributed by atoms with Crippen molar-refractivity contribution in [2.24, 2.45) is 5.73 Å². The molecule has 46 heavy (non-hydrogen) atoms. The fraction of sp³-hybridized carbons (Fsp3) is 0.857. The van der Waals surface area contributed by atoms with Crippen molar-refractivity contribution in [3.05, 3.63) is 24.3 Å². The lowest BCUT2D eigenvalue weighted by molar-refractivity contribution is -0.132. The minimum Gasteiger partial charge on any atom is -0.368 e. The van der Waals surface area contributed by atoms with E-state index < -0.39 is 5.54 Å². The molecule has 0 fully saturated rings. The summed E-state index contributed by atoms with van der Waals surface area (Å²) in [6.45, 7) is 6.51. The number of carbonyl (C=O) groups excluding carboxylic acids is 2. The Labute approximate surface area is 288 Å². The molecule has 0 radical (unpaired) electrons. The Morgan fingerprint density at radius 1 is 0.478 bits per heavy atom. The molecule has 2 amide bonds. The largest absolute Gasteiger partial charge is 0.368 e. The van der Waals surface area contributed by atoms with Gasteiger partial charge in [-0.25, -0.2) is 0 Å². The number of nitrogens with one attached hydrogen (secondary N) is 1. The number of nitrogens with two attached hydrogens (primary N) is 1. The Morgan fingerprint density at radius 3 is 1.15 bits per heavy atom. The van der Waals surface area contributed by atoms with Gasteiger partial charge in [0.2, 0.25) is 11.8 Å². The number of primary amides is 1. The van der Waals surface area contributed by atoms with Gasteiger partial charge in [-0.1, -0.05) is 173 Å². The van der Waals surface area contributed by atoms with E-state index in [1.165, 1.54) is 161 Å². The van der Waals surface area contributed by atoms with Crippen LogP contribution in [-0.2, 0) is 9.59 Å². The third kappa shape index (κ3) is 28.6. The number of rotatable bonds is 36. The smallest absolute Gasteiger partial charge is 0.243 e.